The van der Waals surface area contributed by atoms with E-state index in [2.05, 4.69) is 0 Å². The first-order chi connectivity index (χ1) is 11.6. The molecule has 2 aromatic rings. The second kappa shape index (κ2) is 7.05. The summed E-state index contributed by atoms with van der Waals surface area (Å²) in [5.74, 6) is 0.467. The number of likely N-dealkylation sites (N-methyl/N-ethyl adjacent to an activating group) is 1. The summed E-state index contributed by atoms with van der Waals surface area (Å²) < 4.78 is 5.61. The highest BCUT2D eigenvalue weighted by molar-refractivity contribution is 7.10. The van der Waals surface area contributed by atoms with Gasteiger partial charge in [-0.05, 0) is 36.1 Å². The average molecular weight is 344 g/mol. The number of rotatable bonds is 4. The lowest BCUT2D eigenvalue weighted by Crippen LogP contribution is -2.41. The number of hydrogen-bond acceptors (Lipinski definition) is 4. The normalized spacial score (nSPS) is 13.9. The number of fused-ring (bicyclic) bond motifs is 1. The first-order valence-corrected chi connectivity index (χ1v) is 8.73. The van der Waals surface area contributed by atoms with E-state index in [0.717, 1.165) is 4.88 Å². The molecular formula is C18H20N2O3S. The van der Waals surface area contributed by atoms with Gasteiger partial charge in [0.1, 0.15) is 12.3 Å². The Morgan fingerprint density at radius 1 is 1.33 bits per heavy atom. The lowest BCUT2D eigenvalue weighted by Gasteiger charge is -2.24. The first-order valence-electron chi connectivity index (χ1n) is 7.85. The second-order valence-electron chi connectivity index (χ2n) is 5.82. The standard InChI is InChI=1S/C18H20N2O3S/c1-13-8-10-24-16(13)11-19(2)18(22)12-20-14-5-3-4-6-15(14)23-9-7-17(20)21/h3-6,8,10H,7,9,11-12H2,1-2H3. The van der Waals surface area contributed by atoms with Crippen LogP contribution in [-0.2, 0) is 16.1 Å². The van der Waals surface area contributed by atoms with Crippen LogP contribution in [0.25, 0.3) is 0 Å². The number of carbonyl (C=O) groups excluding carboxylic acids is 2. The van der Waals surface area contributed by atoms with Gasteiger partial charge in [0.2, 0.25) is 11.8 Å². The van der Waals surface area contributed by atoms with Gasteiger partial charge in [0.25, 0.3) is 0 Å². The number of anilines is 1. The molecule has 5 nitrogen and oxygen atoms in total. The maximum atomic E-state index is 12.6. The molecule has 0 saturated heterocycles. The third-order valence-corrected chi connectivity index (χ3v) is 5.11. The van der Waals surface area contributed by atoms with Crippen LogP contribution in [0.3, 0.4) is 0 Å². The van der Waals surface area contributed by atoms with Gasteiger partial charge in [0, 0.05) is 11.9 Å². The van der Waals surface area contributed by atoms with E-state index in [4.69, 9.17) is 4.74 Å². The van der Waals surface area contributed by atoms with Crippen LogP contribution in [0.1, 0.15) is 16.9 Å². The van der Waals surface area contributed by atoms with Gasteiger partial charge < -0.3 is 9.64 Å². The number of amides is 2. The molecule has 0 aliphatic carbocycles. The molecule has 0 N–H and O–H groups in total. The number of ether oxygens (including phenoxy) is 1. The van der Waals surface area contributed by atoms with Crippen molar-refractivity contribution in [3.63, 3.8) is 0 Å². The second-order valence-corrected chi connectivity index (χ2v) is 6.82. The largest absolute Gasteiger partial charge is 0.491 e. The van der Waals surface area contributed by atoms with Crippen molar-refractivity contribution in [1.82, 2.24) is 4.90 Å². The summed E-state index contributed by atoms with van der Waals surface area (Å²) in [7, 11) is 1.77. The zero-order chi connectivity index (χ0) is 17.1. The number of nitrogens with zero attached hydrogens (tertiary/aromatic N) is 2. The van der Waals surface area contributed by atoms with E-state index in [1.807, 2.05) is 42.6 Å². The van der Waals surface area contributed by atoms with E-state index in [-0.39, 0.29) is 24.8 Å². The molecule has 2 heterocycles. The summed E-state index contributed by atoms with van der Waals surface area (Å²) in [5, 5.41) is 2.02. The van der Waals surface area contributed by atoms with Crippen molar-refractivity contribution in [2.24, 2.45) is 0 Å². The number of aryl methyl sites for hydroxylation is 1. The molecule has 6 heteroatoms. The quantitative estimate of drug-likeness (QED) is 0.857. The minimum absolute atomic E-state index is 0.0279. The summed E-state index contributed by atoms with van der Waals surface area (Å²) >= 11 is 1.64. The molecule has 1 aromatic heterocycles. The van der Waals surface area contributed by atoms with Crippen LogP contribution >= 0.6 is 11.3 Å². The molecule has 24 heavy (non-hydrogen) atoms. The highest BCUT2D eigenvalue weighted by Gasteiger charge is 2.26. The van der Waals surface area contributed by atoms with E-state index in [9.17, 15) is 9.59 Å². The molecule has 0 bridgehead atoms. The van der Waals surface area contributed by atoms with Crippen LogP contribution in [0, 0.1) is 6.92 Å². The summed E-state index contributed by atoms with van der Waals surface area (Å²) in [4.78, 5) is 29.4. The average Bonchev–Trinajstić information content (AvgIpc) is 2.90. The number of carbonyl (C=O) groups is 2. The Morgan fingerprint density at radius 2 is 2.12 bits per heavy atom. The molecule has 1 aromatic carbocycles. The summed E-state index contributed by atoms with van der Waals surface area (Å²) in [5.41, 5.74) is 1.85. The number of para-hydroxylation sites is 2. The maximum absolute atomic E-state index is 12.6. The molecule has 2 amide bonds. The zero-order valence-electron chi connectivity index (χ0n) is 13.8. The minimum atomic E-state index is -0.0900. The van der Waals surface area contributed by atoms with Gasteiger partial charge >= 0.3 is 0 Å². The SMILES string of the molecule is Cc1ccsc1CN(C)C(=O)CN1C(=O)CCOc2ccccc21. The van der Waals surface area contributed by atoms with E-state index in [0.29, 0.717) is 24.6 Å². The molecule has 0 fully saturated rings. The Morgan fingerprint density at radius 3 is 2.88 bits per heavy atom. The molecule has 3 rings (SSSR count). The monoisotopic (exact) mass is 344 g/mol. The Bertz CT molecular complexity index is 756. The summed E-state index contributed by atoms with van der Waals surface area (Å²) in [6.45, 7) is 2.96. The first kappa shape index (κ1) is 16.5. The lowest BCUT2D eigenvalue weighted by molar-refractivity contribution is -0.130. The van der Waals surface area contributed by atoms with Crippen LogP contribution in [0.2, 0.25) is 0 Å². The molecule has 0 atom stereocenters. The van der Waals surface area contributed by atoms with Crippen molar-refractivity contribution < 1.29 is 14.3 Å². The maximum Gasteiger partial charge on any atom is 0.242 e. The third kappa shape index (κ3) is 3.43. The lowest BCUT2D eigenvalue weighted by atomic mass is 10.2. The minimum Gasteiger partial charge on any atom is -0.491 e. The van der Waals surface area contributed by atoms with Gasteiger partial charge in [-0.25, -0.2) is 0 Å². The van der Waals surface area contributed by atoms with E-state index < -0.39 is 0 Å². The number of thiophene rings is 1. The third-order valence-electron chi connectivity index (χ3n) is 4.10. The fourth-order valence-corrected chi connectivity index (χ4v) is 3.58. The van der Waals surface area contributed by atoms with Gasteiger partial charge in [-0.3, -0.25) is 14.5 Å². The molecule has 0 unspecified atom stereocenters. The molecule has 1 aliphatic rings. The molecule has 0 spiro atoms. The fraction of sp³-hybridized carbons (Fsp3) is 0.333. The van der Waals surface area contributed by atoms with E-state index >= 15 is 0 Å². The van der Waals surface area contributed by atoms with Gasteiger partial charge in [0.05, 0.1) is 25.3 Å². The molecule has 0 saturated carbocycles. The van der Waals surface area contributed by atoms with E-state index in [1.165, 1.54) is 10.5 Å². The number of hydrogen-bond donors (Lipinski definition) is 0. The van der Waals surface area contributed by atoms with E-state index in [1.54, 1.807) is 23.3 Å². The number of benzene rings is 1. The predicted molar refractivity (Wildman–Crippen MR) is 94.4 cm³/mol. The molecular weight excluding hydrogens is 324 g/mol. The van der Waals surface area contributed by atoms with Crippen LogP contribution < -0.4 is 9.64 Å². The van der Waals surface area contributed by atoms with Crippen LogP contribution in [0.4, 0.5) is 5.69 Å². The van der Waals surface area contributed by atoms with Gasteiger partial charge in [0.15, 0.2) is 0 Å². The Labute approximate surface area is 145 Å². The highest BCUT2D eigenvalue weighted by atomic mass is 32.1. The van der Waals surface area contributed by atoms with Crippen molar-refractivity contribution in [2.45, 2.75) is 19.9 Å². The topological polar surface area (TPSA) is 49.9 Å². The fourth-order valence-electron chi connectivity index (χ4n) is 2.62. The van der Waals surface area contributed by atoms with Gasteiger partial charge in [-0.1, -0.05) is 12.1 Å². The van der Waals surface area contributed by atoms with Crippen molar-refractivity contribution >= 4 is 28.8 Å². The van der Waals surface area contributed by atoms with Gasteiger partial charge in [-0.15, -0.1) is 11.3 Å². The van der Waals surface area contributed by atoms with Crippen LogP contribution in [0.15, 0.2) is 35.7 Å². The Balaban J connectivity index is 1.75. The molecule has 126 valence electrons. The Kier molecular flexibility index (Phi) is 4.85. The predicted octanol–water partition coefficient (Wildman–Crippen LogP) is 2.83. The van der Waals surface area contributed by atoms with Crippen molar-refractivity contribution in [2.75, 3.05) is 25.1 Å². The Hall–Kier alpha value is -2.34. The highest BCUT2D eigenvalue weighted by Crippen LogP contribution is 2.31. The smallest absolute Gasteiger partial charge is 0.242 e. The van der Waals surface area contributed by atoms with Crippen molar-refractivity contribution in [3.05, 3.63) is 46.2 Å². The molecule has 1 aliphatic heterocycles. The van der Waals surface area contributed by atoms with Crippen LogP contribution in [0.5, 0.6) is 5.75 Å². The van der Waals surface area contributed by atoms with Crippen molar-refractivity contribution in [3.8, 4) is 5.75 Å². The summed E-state index contributed by atoms with van der Waals surface area (Å²) in [6, 6.07) is 9.39. The summed E-state index contributed by atoms with van der Waals surface area (Å²) in [6.07, 6.45) is 0.274. The van der Waals surface area contributed by atoms with Gasteiger partial charge in [-0.2, -0.15) is 0 Å². The molecule has 0 radical (unpaired) electrons. The van der Waals surface area contributed by atoms with Crippen molar-refractivity contribution in [1.29, 1.82) is 0 Å². The van der Waals surface area contributed by atoms with Crippen LogP contribution in [-0.4, -0.2) is 36.9 Å². The zero-order valence-corrected chi connectivity index (χ0v) is 14.6.